The fraction of sp³-hybridized carbons (Fsp3) is 0.333. The number of rotatable bonds is 7. The summed E-state index contributed by atoms with van der Waals surface area (Å²) in [4.78, 5) is 11.8. The third-order valence-electron chi connectivity index (χ3n) is 2.76. The Bertz CT molecular complexity index is 561. The van der Waals surface area contributed by atoms with Crippen LogP contribution in [-0.4, -0.2) is 26.2 Å². The molecule has 1 rings (SSSR count). The first-order valence-corrected chi connectivity index (χ1v) is 6.58. The average Bonchev–Trinajstić information content (AvgIpc) is 2.47. The van der Waals surface area contributed by atoms with Crippen molar-refractivity contribution in [2.45, 2.75) is 13.3 Å². The summed E-state index contributed by atoms with van der Waals surface area (Å²) in [6, 6.07) is 7.36. The number of ether oxygens (including phenoxy) is 1. The van der Waals surface area contributed by atoms with Crippen molar-refractivity contribution >= 4 is 17.3 Å². The van der Waals surface area contributed by atoms with Crippen LogP contribution in [0.1, 0.15) is 12.0 Å². The van der Waals surface area contributed by atoms with Gasteiger partial charge in [0.15, 0.2) is 0 Å². The molecule has 0 aromatic heterocycles. The van der Waals surface area contributed by atoms with E-state index in [-0.39, 0.29) is 5.57 Å². The Morgan fingerprint density at radius 1 is 1.52 bits per heavy atom. The van der Waals surface area contributed by atoms with E-state index < -0.39 is 5.91 Å². The number of benzene rings is 1. The van der Waals surface area contributed by atoms with E-state index in [4.69, 9.17) is 15.7 Å². The van der Waals surface area contributed by atoms with Gasteiger partial charge in [-0.3, -0.25) is 4.79 Å². The molecule has 0 spiro atoms. The number of nitrogen functional groups attached to an aromatic ring is 1. The summed E-state index contributed by atoms with van der Waals surface area (Å²) in [5.41, 5.74) is 8.05. The van der Waals surface area contributed by atoms with Gasteiger partial charge in [0.05, 0.1) is 11.4 Å². The Hall–Kier alpha value is -2.52. The fourth-order valence-corrected chi connectivity index (χ4v) is 1.61. The smallest absolute Gasteiger partial charge is 0.263 e. The molecule has 0 bridgehead atoms. The van der Waals surface area contributed by atoms with Crippen molar-refractivity contribution in [2.75, 3.05) is 31.3 Å². The van der Waals surface area contributed by atoms with E-state index in [1.54, 1.807) is 13.2 Å². The summed E-state index contributed by atoms with van der Waals surface area (Å²) < 4.78 is 4.88. The van der Waals surface area contributed by atoms with Gasteiger partial charge in [-0.2, -0.15) is 5.26 Å². The van der Waals surface area contributed by atoms with Crippen LogP contribution in [0.25, 0.3) is 0 Å². The van der Waals surface area contributed by atoms with Gasteiger partial charge in [0, 0.05) is 26.5 Å². The van der Waals surface area contributed by atoms with Crippen LogP contribution in [0.5, 0.6) is 0 Å². The molecule has 0 aliphatic carbocycles. The number of carbonyl (C=O) groups is 1. The molecule has 1 amide bonds. The van der Waals surface area contributed by atoms with Crippen LogP contribution in [0.3, 0.4) is 0 Å². The average molecular weight is 288 g/mol. The van der Waals surface area contributed by atoms with E-state index in [0.29, 0.717) is 30.9 Å². The monoisotopic (exact) mass is 288 g/mol. The fourth-order valence-electron chi connectivity index (χ4n) is 1.61. The number of aryl methyl sites for hydroxylation is 1. The van der Waals surface area contributed by atoms with Gasteiger partial charge in [-0.05, 0) is 31.0 Å². The minimum Gasteiger partial charge on any atom is -0.397 e. The standard InChI is InChI=1S/C15H20N4O2/c1-11-4-5-13(17)14(8-11)19-10-12(9-16)15(20)18-6-3-7-21-2/h4-5,8,10,19H,3,6-7,17H2,1-2H3,(H,18,20)/b12-10-. The minimum atomic E-state index is -0.424. The van der Waals surface area contributed by atoms with Crippen LogP contribution in [0, 0.1) is 18.3 Å². The largest absolute Gasteiger partial charge is 0.397 e. The molecule has 0 unspecified atom stereocenters. The summed E-state index contributed by atoms with van der Waals surface area (Å²) in [7, 11) is 1.60. The first kappa shape index (κ1) is 16.5. The number of nitrogens with zero attached hydrogens (tertiary/aromatic N) is 1. The molecular formula is C15H20N4O2. The molecule has 6 nitrogen and oxygen atoms in total. The molecule has 1 aromatic carbocycles. The summed E-state index contributed by atoms with van der Waals surface area (Å²) in [5, 5.41) is 14.6. The third-order valence-corrected chi connectivity index (χ3v) is 2.76. The molecule has 0 saturated carbocycles. The predicted octanol–water partition coefficient (Wildman–Crippen LogP) is 1.55. The van der Waals surface area contributed by atoms with Crippen LogP contribution in [0.15, 0.2) is 30.0 Å². The van der Waals surface area contributed by atoms with Crippen molar-refractivity contribution in [3.63, 3.8) is 0 Å². The first-order chi connectivity index (χ1) is 10.1. The molecule has 0 aliphatic rings. The zero-order valence-corrected chi connectivity index (χ0v) is 12.3. The Kier molecular flexibility index (Phi) is 6.78. The van der Waals surface area contributed by atoms with Crippen LogP contribution in [0.2, 0.25) is 0 Å². The molecule has 6 heteroatoms. The quantitative estimate of drug-likeness (QED) is 0.306. The van der Waals surface area contributed by atoms with Gasteiger partial charge >= 0.3 is 0 Å². The maximum Gasteiger partial charge on any atom is 0.263 e. The highest BCUT2D eigenvalue weighted by atomic mass is 16.5. The van der Waals surface area contributed by atoms with E-state index in [1.165, 1.54) is 6.20 Å². The summed E-state index contributed by atoms with van der Waals surface area (Å²) in [6.45, 7) is 2.95. The molecule has 0 fully saturated rings. The highest BCUT2D eigenvalue weighted by Gasteiger charge is 2.08. The Labute approximate surface area is 124 Å². The second kappa shape index (κ2) is 8.61. The molecule has 112 valence electrons. The predicted molar refractivity (Wildman–Crippen MR) is 82.4 cm³/mol. The van der Waals surface area contributed by atoms with Crippen molar-refractivity contribution in [1.82, 2.24) is 5.32 Å². The normalized spacial score (nSPS) is 10.8. The van der Waals surface area contributed by atoms with Gasteiger partial charge in [-0.15, -0.1) is 0 Å². The molecule has 0 atom stereocenters. The Morgan fingerprint density at radius 2 is 2.29 bits per heavy atom. The van der Waals surface area contributed by atoms with Gasteiger partial charge in [-0.1, -0.05) is 6.07 Å². The molecule has 4 N–H and O–H groups in total. The highest BCUT2D eigenvalue weighted by Crippen LogP contribution is 2.19. The third kappa shape index (κ3) is 5.55. The van der Waals surface area contributed by atoms with Gasteiger partial charge in [0.1, 0.15) is 11.6 Å². The zero-order valence-electron chi connectivity index (χ0n) is 12.3. The molecule has 21 heavy (non-hydrogen) atoms. The van der Waals surface area contributed by atoms with E-state index in [2.05, 4.69) is 10.6 Å². The van der Waals surface area contributed by atoms with Crippen LogP contribution in [0.4, 0.5) is 11.4 Å². The van der Waals surface area contributed by atoms with Gasteiger partial charge < -0.3 is 21.1 Å². The molecule has 1 aromatic rings. The number of methoxy groups -OCH3 is 1. The van der Waals surface area contributed by atoms with E-state index in [1.807, 2.05) is 25.1 Å². The highest BCUT2D eigenvalue weighted by molar-refractivity contribution is 5.97. The van der Waals surface area contributed by atoms with Crippen molar-refractivity contribution < 1.29 is 9.53 Å². The number of hydrogen-bond donors (Lipinski definition) is 3. The number of anilines is 2. The molecule has 0 aliphatic heterocycles. The topological polar surface area (TPSA) is 100 Å². The maximum absolute atomic E-state index is 11.8. The van der Waals surface area contributed by atoms with Crippen molar-refractivity contribution in [1.29, 1.82) is 5.26 Å². The van der Waals surface area contributed by atoms with Crippen LogP contribution in [-0.2, 0) is 9.53 Å². The number of nitrogens with two attached hydrogens (primary N) is 1. The minimum absolute atomic E-state index is 0.00618. The van der Waals surface area contributed by atoms with Crippen LogP contribution < -0.4 is 16.4 Å². The lowest BCUT2D eigenvalue weighted by Crippen LogP contribution is -2.26. The maximum atomic E-state index is 11.8. The SMILES string of the molecule is COCCCNC(=O)/C(C#N)=C\Nc1cc(C)ccc1N. The van der Waals surface area contributed by atoms with Crippen LogP contribution >= 0.6 is 0 Å². The molecule has 0 saturated heterocycles. The number of nitrogens with one attached hydrogen (secondary N) is 2. The number of carbonyl (C=O) groups excluding carboxylic acids is 1. The Balaban J connectivity index is 2.65. The summed E-state index contributed by atoms with van der Waals surface area (Å²) in [5.74, 6) is -0.424. The lowest BCUT2D eigenvalue weighted by Gasteiger charge is -2.07. The lowest BCUT2D eigenvalue weighted by atomic mass is 10.2. The van der Waals surface area contributed by atoms with Crippen molar-refractivity contribution in [2.24, 2.45) is 0 Å². The second-order valence-electron chi connectivity index (χ2n) is 4.51. The number of nitriles is 1. The molecular weight excluding hydrogens is 268 g/mol. The van der Waals surface area contributed by atoms with Gasteiger partial charge in [0.2, 0.25) is 0 Å². The summed E-state index contributed by atoms with van der Waals surface area (Å²) in [6.07, 6.45) is 2.05. The number of hydrogen-bond acceptors (Lipinski definition) is 5. The van der Waals surface area contributed by atoms with E-state index in [0.717, 1.165) is 5.56 Å². The van der Waals surface area contributed by atoms with Crippen molar-refractivity contribution in [3.05, 3.63) is 35.5 Å². The van der Waals surface area contributed by atoms with E-state index >= 15 is 0 Å². The van der Waals surface area contributed by atoms with Gasteiger partial charge in [0.25, 0.3) is 5.91 Å². The molecule has 0 radical (unpaired) electrons. The van der Waals surface area contributed by atoms with Crippen molar-refractivity contribution in [3.8, 4) is 6.07 Å². The lowest BCUT2D eigenvalue weighted by molar-refractivity contribution is -0.117. The van der Waals surface area contributed by atoms with E-state index in [9.17, 15) is 4.79 Å². The second-order valence-corrected chi connectivity index (χ2v) is 4.51. The van der Waals surface area contributed by atoms with Gasteiger partial charge in [-0.25, -0.2) is 0 Å². The zero-order chi connectivity index (χ0) is 15.7. The first-order valence-electron chi connectivity index (χ1n) is 6.58. The number of amides is 1. The summed E-state index contributed by atoms with van der Waals surface area (Å²) >= 11 is 0. The molecule has 0 heterocycles. The Morgan fingerprint density at radius 3 is 2.95 bits per heavy atom.